The van der Waals surface area contributed by atoms with Crippen LogP contribution in [0.5, 0.6) is 0 Å². The number of nitrogens with zero attached hydrogens (tertiary/aromatic N) is 3. The molecule has 0 spiro atoms. The number of methoxy groups -OCH3 is 1. The predicted molar refractivity (Wildman–Crippen MR) is 61.8 cm³/mol. The second-order valence-electron chi connectivity index (χ2n) is 2.93. The molecule has 1 aromatic heterocycles. The number of thioether (sulfide) groups is 1. The van der Waals surface area contributed by atoms with Crippen molar-refractivity contribution in [2.75, 3.05) is 19.5 Å². The highest BCUT2D eigenvalue weighted by molar-refractivity contribution is 7.99. The molecular formula is C9H14N4O2S. The fourth-order valence-corrected chi connectivity index (χ4v) is 1.93. The zero-order chi connectivity index (χ0) is 11.8. The molecule has 0 atom stereocenters. The highest BCUT2D eigenvalue weighted by atomic mass is 32.2. The van der Waals surface area contributed by atoms with E-state index in [1.165, 1.54) is 18.0 Å². The van der Waals surface area contributed by atoms with E-state index >= 15 is 0 Å². The zero-order valence-electron chi connectivity index (χ0n) is 8.96. The van der Waals surface area contributed by atoms with Gasteiger partial charge in [0.25, 0.3) is 0 Å². The maximum absolute atomic E-state index is 8.61. The van der Waals surface area contributed by atoms with Crippen molar-refractivity contribution in [2.24, 2.45) is 10.9 Å². The maximum Gasteiger partial charge on any atom is 0.172 e. The summed E-state index contributed by atoms with van der Waals surface area (Å²) >= 11 is 1.51. The third-order valence-electron chi connectivity index (χ3n) is 1.80. The van der Waals surface area contributed by atoms with Crippen LogP contribution in [0.2, 0.25) is 0 Å². The van der Waals surface area contributed by atoms with E-state index in [-0.39, 0.29) is 5.84 Å². The first-order valence-corrected chi connectivity index (χ1v) is 5.69. The van der Waals surface area contributed by atoms with Crippen molar-refractivity contribution < 1.29 is 9.94 Å². The van der Waals surface area contributed by atoms with Gasteiger partial charge in [0, 0.05) is 19.5 Å². The Labute approximate surface area is 97.9 Å². The van der Waals surface area contributed by atoms with Crippen LogP contribution in [0.15, 0.2) is 22.4 Å². The molecule has 7 heteroatoms. The fraction of sp³-hybridized carbons (Fsp3) is 0.444. The van der Waals surface area contributed by atoms with Crippen LogP contribution in [-0.2, 0) is 4.74 Å². The Kier molecular flexibility index (Phi) is 5.58. The van der Waals surface area contributed by atoms with E-state index in [0.717, 1.165) is 12.2 Å². The summed E-state index contributed by atoms with van der Waals surface area (Å²) in [5.74, 6) is 0.891. The van der Waals surface area contributed by atoms with E-state index in [0.29, 0.717) is 17.2 Å². The summed E-state index contributed by atoms with van der Waals surface area (Å²) in [7, 11) is 1.66. The van der Waals surface area contributed by atoms with Gasteiger partial charge >= 0.3 is 0 Å². The molecule has 0 fully saturated rings. The molecule has 0 saturated carbocycles. The van der Waals surface area contributed by atoms with E-state index in [4.69, 9.17) is 15.7 Å². The lowest BCUT2D eigenvalue weighted by Crippen LogP contribution is -2.15. The van der Waals surface area contributed by atoms with Crippen LogP contribution in [0.1, 0.15) is 12.0 Å². The summed E-state index contributed by atoms with van der Waals surface area (Å²) < 4.78 is 4.94. The highest BCUT2D eigenvalue weighted by Gasteiger charge is 2.08. The lowest BCUT2D eigenvalue weighted by atomic mass is 10.3. The molecule has 0 bridgehead atoms. The van der Waals surface area contributed by atoms with E-state index in [1.54, 1.807) is 13.2 Å². The first-order chi connectivity index (χ1) is 7.79. The van der Waals surface area contributed by atoms with Crippen molar-refractivity contribution in [2.45, 2.75) is 11.4 Å². The van der Waals surface area contributed by atoms with Crippen LogP contribution in [-0.4, -0.2) is 40.7 Å². The molecule has 16 heavy (non-hydrogen) atoms. The molecule has 1 rings (SSSR count). The molecule has 0 amide bonds. The Morgan fingerprint density at radius 1 is 1.69 bits per heavy atom. The van der Waals surface area contributed by atoms with Gasteiger partial charge < -0.3 is 15.7 Å². The van der Waals surface area contributed by atoms with Gasteiger partial charge in [-0.3, -0.25) is 0 Å². The van der Waals surface area contributed by atoms with Crippen LogP contribution in [0.4, 0.5) is 0 Å². The minimum atomic E-state index is 0.0455. The number of hydrogen-bond acceptors (Lipinski definition) is 6. The Morgan fingerprint density at radius 2 is 2.50 bits per heavy atom. The van der Waals surface area contributed by atoms with Gasteiger partial charge in [0.1, 0.15) is 5.03 Å². The highest BCUT2D eigenvalue weighted by Crippen LogP contribution is 2.19. The minimum absolute atomic E-state index is 0.0455. The van der Waals surface area contributed by atoms with E-state index in [2.05, 4.69) is 15.4 Å². The lowest BCUT2D eigenvalue weighted by Gasteiger charge is -2.04. The van der Waals surface area contributed by atoms with Crippen molar-refractivity contribution in [1.29, 1.82) is 0 Å². The van der Waals surface area contributed by atoms with Crippen molar-refractivity contribution in [3.05, 3.63) is 17.8 Å². The van der Waals surface area contributed by atoms with Crippen molar-refractivity contribution in [3.63, 3.8) is 0 Å². The summed E-state index contributed by atoms with van der Waals surface area (Å²) in [6.45, 7) is 0.701. The van der Waals surface area contributed by atoms with Crippen LogP contribution in [0, 0.1) is 0 Å². The van der Waals surface area contributed by atoms with Gasteiger partial charge in [-0.05, 0) is 12.5 Å². The number of ether oxygens (including phenoxy) is 1. The third-order valence-corrected chi connectivity index (χ3v) is 2.87. The summed E-state index contributed by atoms with van der Waals surface area (Å²) in [6.07, 6.45) is 2.42. The van der Waals surface area contributed by atoms with Crippen molar-refractivity contribution in [1.82, 2.24) is 10.2 Å². The number of rotatable bonds is 6. The van der Waals surface area contributed by atoms with Gasteiger partial charge in [0.15, 0.2) is 5.84 Å². The second-order valence-corrected chi connectivity index (χ2v) is 4.01. The molecule has 0 aliphatic carbocycles. The largest absolute Gasteiger partial charge is 0.409 e. The molecule has 1 heterocycles. The van der Waals surface area contributed by atoms with Gasteiger partial charge in [-0.15, -0.1) is 16.9 Å². The summed E-state index contributed by atoms with van der Waals surface area (Å²) in [6, 6.07) is 1.67. The van der Waals surface area contributed by atoms with Gasteiger partial charge in [0.2, 0.25) is 0 Å². The summed E-state index contributed by atoms with van der Waals surface area (Å²) in [5.41, 5.74) is 6.12. The van der Waals surface area contributed by atoms with E-state index in [9.17, 15) is 0 Å². The quantitative estimate of drug-likeness (QED) is 0.190. The molecule has 0 aromatic carbocycles. The first kappa shape index (κ1) is 12.7. The molecule has 3 N–H and O–H groups in total. The number of aromatic nitrogens is 2. The molecule has 6 nitrogen and oxygen atoms in total. The Hall–Kier alpha value is -1.34. The number of oxime groups is 1. The molecule has 1 aromatic rings. The molecular weight excluding hydrogens is 228 g/mol. The van der Waals surface area contributed by atoms with Crippen LogP contribution in [0.25, 0.3) is 0 Å². The maximum atomic E-state index is 8.61. The molecule has 0 unspecified atom stereocenters. The molecule has 0 aliphatic rings. The Balaban J connectivity index is 2.64. The average molecular weight is 242 g/mol. The van der Waals surface area contributed by atoms with E-state index < -0.39 is 0 Å². The first-order valence-electron chi connectivity index (χ1n) is 4.71. The lowest BCUT2D eigenvalue weighted by molar-refractivity contribution is 0.200. The molecule has 0 radical (unpaired) electrons. The molecule has 0 aliphatic heterocycles. The minimum Gasteiger partial charge on any atom is -0.409 e. The Morgan fingerprint density at radius 3 is 3.19 bits per heavy atom. The van der Waals surface area contributed by atoms with E-state index in [1.807, 2.05) is 0 Å². The normalized spacial score (nSPS) is 11.7. The van der Waals surface area contributed by atoms with Crippen molar-refractivity contribution in [3.8, 4) is 0 Å². The zero-order valence-corrected chi connectivity index (χ0v) is 9.78. The number of hydrogen-bond donors (Lipinski definition) is 2. The van der Waals surface area contributed by atoms with Crippen molar-refractivity contribution >= 4 is 17.6 Å². The standard InChI is InChI=1S/C9H14N4O2S/c1-15-5-2-6-16-9-7(8(10)13-14)3-4-11-12-9/h3-4,14H,2,5-6H2,1H3,(H2,10,13). The smallest absolute Gasteiger partial charge is 0.172 e. The monoisotopic (exact) mass is 242 g/mol. The van der Waals surface area contributed by atoms with Gasteiger partial charge in [-0.1, -0.05) is 5.16 Å². The summed E-state index contributed by atoms with van der Waals surface area (Å²) in [4.78, 5) is 0. The average Bonchev–Trinajstić information content (AvgIpc) is 2.34. The molecule has 0 saturated heterocycles. The van der Waals surface area contributed by atoms with Crippen LogP contribution >= 0.6 is 11.8 Å². The summed E-state index contributed by atoms with van der Waals surface area (Å²) in [5, 5.41) is 19.9. The predicted octanol–water partition coefficient (Wildman–Crippen LogP) is 0.700. The van der Waals surface area contributed by atoms with Gasteiger partial charge in [-0.2, -0.15) is 5.10 Å². The Bertz CT molecular complexity index is 359. The topological polar surface area (TPSA) is 93.6 Å². The van der Waals surface area contributed by atoms with Crippen LogP contribution in [0.3, 0.4) is 0 Å². The SMILES string of the molecule is COCCCSc1nnccc1/C(N)=N/O. The van der Waals surface area contributed by atoms with Gasteiger partial charge in [-0.25, -0.2) is 0 Å². The van der Waals surface area contributed by atoms with Crippen LogP contribution < -0.4 is 5.73 Å². The number of amidine groups is 1. The number of nitrogens with two attached hydrogens (primary N) is 1. The fourth-order valence-electron chi connectivity index (χ4n) is 1.05. The van der Waals surface area contributed by atoms with Gasteiger partial charge in [0.05, 0.1) is 11.8 Å². The molecule has 88 valence electrons. The second kappa shape index (κ2) is 7.02. The third kappa shape index (κ3) is 3.67.